The van der Waals surface area contributed by atoms with Crippen LogP contribution < -0.4 is 0 Å². The van der Waals surface area contributed by atoms with E-state index in [1.165, 1.54) is 6.20 Å². The van der Waals surface area contributed by atoms with Crippen molar-refractivity contribution in [2.24, 2.45) is 0 Å². The van der Waals surface area contributed by atoms with Crippen LogP contribution in [0.25, 0.3) is 0 Å². The van der Waals surface area contributed by atoms with Crippen molar-refractivity contribution in [1.29, 1.82) is 0 Å². The molecule has 1 rings (SSSR count). The molecule has 1 aromatic heterocycles. The van der Waals surface area contributed by atoms with E-state index in [0.29, 0.717) is 10.7 Å². The molecule has 1 aromatic rings. The lowest BCUT2D eigenvalue weighted by Gasteiger charge is -2.06. The van der Waals surface area contributed by atoms with E-state index in [9.17, 15) is 13.2 Å². The third-order valence-electron chi connectivity index (χ3n) is 1.56. The minimum absolute atomic E-state index is 0.0383. The number of ether oxygens (including phenoxy) is 1. The Hall–Kier alpha value is -0.810. The van der Waals surface area contributed by atoms with Crippen LogP contribution in [0.5, 0.6) is 0 Å². The second kappa shape index (κ2) is 5.32. The van der Waals surface area contributed by atoms with Crippen molar-refractivity contribution in [1.82, 2.24) is 4.98 Å². The second-order valence-corrected chi connectivity index (χ2v) is 3.32. The molecule has 0 aromatic carbocycles. The maximum atomic E-state index is 11.7. The molecule has 0 unspecified atom stereocenters. The molecule has 0 aliphatic heterocycles. The van der Waals surface area contributed by atoms with Crippen molar-refractivity contribution in [2.45, 2.75) is 19.2 Å². The number of hydrogen-bond acceptors (Lipinski definition) is 2. The fourth-order valence-electron chi connectivity index (χ4n) is 0.892. The Morgan fingerprint density at radius 2 is 2.13 bits per heavy atom. The van der Waals surface area contributed by atoms with Gasteiger partial charge in [-0.15, -0.1) is 0 Å². The van der Waals surface area contributed by atoms with Gasteiger partial charge in [0.1, 0.15) is 0 Å². The molecule has 0 aliphatic carbocycles. The molecule has 0 atom stereocenters. The second-order valence-electron chi connectivity index (χ2n) is 2.88. The van der Waals surface area contributed by atoms with E-state index in [4.69, 9.17) is 16.3 Å². The number of rotatable bonds is 4. The molecule has 15 heavy (non-hydrogen) atoms. The first-order valence-corrected chi connectivity index (χ1v) is 4.60. The number of pyridine rings is 1. The molecule has 6 heteroatoms. The topological polar surface area (TPSA) is 22.1 Å². The molecular formula is C9H9ClF3NO. The Labute approximate surface area is 90.0 Å². The number of nitrogens with zero attached hydrogens (tertiary/aromatic N) is 1. The maximum Gasteiger partial charge on any atom is 0.391 e. The molecule has 0 saturated heterocycles. The zero-order valence-corrected chi connectivity index (χ0v) is 8.48. The SMILES string of the molecule is FC(F)(F)CCOCc1cc(Cl)ccn1. The summed E-state index contributed by atoms with van der Waals surface area (Å²) in [6.45, 7) is -0.325. The first-order chi connectivity index (χ1) is 6.97. The van der Waals surface area contributed by atoms with Crippen molar-refractivity contribution >= 4 is 11.6 Å². The Morgan fingerprint density at radius 3 is 2.73 bits per heavy atom. The van der Waals surface area contributed by atoms with Crippen molar-refractivity contribution in [3.8, 4) is 0 Å². The Balaban J connectivity index is 2.26. The van der Waals surface area contributed by atoms with Crippen LogP contribution in [0.4, 0.5) is 13.2 Å². The summed E-state index contributed by atoms with van der Waals surface area (Å²) in [5.41, 5.74) is 0.518. The van der Waals surface area contributed by atoms with E-state index < -0.39 is 12.6 Å². The van der Waals surface area contributed by atoms with Crippen molar-refractivity contribution < 1.29 is 17.9 Å². The van der Waals surface area contributed by atoms with E-state index in [1.54, 1.807) is 12.1 Å². The van der Waals surface area contributed by atoms with Crippen LogP contribution in [0.2, 0.25) is 5.02 Å². The Morgan fingerprint density at radius 1 is 1.40 bits per heavy atom. The zero-order chi connectivity index (χ0) is 11.3. The zero-order valence-electron chi connectivity index (χ0n) is 7.72. The van der Waals surface area contributed by atoms with Gasteiger partial charge in [0.15, 0.2) is 0 Å². The van der Waals surface area contributed by atoms with Gasteiger partial charge in [0.05, 0.1) is 25.3 Å². The highest BCUT2D eigenvalue weighted by Gasteiger charge is 2.26. The average molecular weight is 240 g/mol. The third kappa shape index (κ3) is 5.59. The summed E-state index contributed by atoms with van der Waals surface area (Å²) < 4.78 is 40.0. The number of alkyl halides is 3. The summed E-state index contributed by atoms with van der Waals surface area (Å²) >= 11 is 5.65. The minimum Gasteiger partial charge on any atom is -0.375 e. The molecule has 0 spiro atoms. The van der Waals surface area contributed by atoms with Gasteiger partial charge < -0.3 is 4.74 Å². The highest BCUT2D eigenvalue weighted by molar-refractivity contribution is 6.30. The van der Waals surface area contributed by atoms with E-state index in [2.05, 4.69) is 4.98 Å². The molecule has 84 valence electrons. The molecule has 0 fully saturated rings. The number of hydrogen-bond donors (Lipinski definition) is 0. The fourth-order valence-corrected chi connectivity index (χ4v) is 1.07. The van der Waals surface area contributed by atoms with Crippen LogP contribution in [-0.2, 0) is 11.3 Å². The summed E-state index contributed by atoms with van der Waals surface area (Å²) in [5.74, 6) is 0. The molecule has 0 bridgehead atoms. The van der Waals surface area contributed by atoms with Gasteiger partial charge in [-0.1, -0.05) is 11.6 Å². The number of aromatic nitrogens is 1. The van der Waals surface area contributed by atoms with Crippen LogP contribution >= 0.6 is 11.6 Å². The summed E-state index contributed by atoms with van der Waals surface area (Å²) in [6, 6.07) is 3.13. The van der Waals surface area contributed by atoms with Crippen molar-refractivity contribution in [3.63, 3.8) is 0 Å². The Kier molecular flexibility index (Phi) is 4.35. The average Bonchev–Trinajstić information content (AvgIpc) is 2.11. The highest BCUT2D eigenvalue weighted by atomic mass is 35.5. The van der Waals surface area contributed by atoms with Crippen LogP contribution in [0.15, 0.2) is 18.3 Å². The van der Waals surface area contributed by atoms with Gasteiger partial charge in [-0.05, 0) is 12.1 Å². The Bertz CT molecular complexity index is 316. The van der Waals surface area contributed by atoms with E-state index in [1.807, 2.05) is 0 Å². The lowest BCUT2D eigenvalue weighted by molar-refractivity contribution is -0.146. The molecule has 0 radical (unpaired) electrons. The standard InChI is InChI=1S/C9H9ClF3NO/c10-7-1-3-14-8(5-7)6-15-4-2-9(11,12)13/h1,3,5H,2,4,6H2. The smallest absolute Gasteiger partial charge is 0.375 e. The van der Waals surface area contributed by atoms with Gasteiger partial charge in [0.25, 0.3) is 0 Å². The first-order valence-electron chi connectivity index (χ1n) is 4.22. The molecular weight excluding hydrogens is 231 g/mol. The van der Waals surface area contributed by atoms with Gasteiger partial charge in [-0.2, -0.15) is 13.2 Å². The van der Waals surface area contributed by atoms with Gasteiger partial charge in [0, 0.05) is 11.2 Å². The van der Waals surface area contributed by atoms with Crippen LogP contribution in [0.1, 0.15) is 12.1 Å². The first kappa shape index (κ1) is 12.3. The molecule has 1 heterocycles. The normalized spacial score (nSPS) is 11.7. The number of halogens is 4. The maximum absolute atomic E-state index is 11.7. The van der Waals surface area contributed by atoms with E-state index in [-0.39, 0.29) is 13.2 Å². The van der Waals surface area contributed by atoms with Gasteiger partial charge in [0.2, 0.25) is 0 Å². The summed E-state index contributed by atoms with van der Waals surface area (Å²) in [5, 5.41) is 0.486. The van der Waals surface area contributed by atoms with Gasteiger partial charge in [-0.3, -0.25) is 4.98 Å². The quantitative estimate of drug-likeness (QED) is 0.753. The molecule has 0 amide bonds. The van der Waals surface area contributed by atoms with Crippen LogP contribution in [-0.4, -0.2) is 17.8 Å². The summed E-state index contributed by atoms with van der Waals surface area (Å²) in [4.78, 5) is 3.88. The predicted molar refractivity (Wildman–Crippen MR) is 49.6 cm³/mol. The van der Waals surface area contributed by atoms with Crippen molar-refractivity contribution in [3.05, 3.63) is 29.0 Å². The molecule has 2 nitrogen and oxygen atoms in total. The van der Waals surface area contributed by atoms with Crippen LogP contribution in [0, 0.1) is 0 Å². The molecule has 0 N–H and O–H groups in total. The highest BCUT2D eigenvalue weighted by Crippen LogP contribution is 2.19. The summed E-state index contributed by atoms with van der Waals surface area (Å²) in [6.07, 6.45) is -3.65. The van der Waals surface area contributed by atoms with Gasteiger partial charge >= 0.3 is 6.18 Å². The predicted octanol–water partition coefficient (Wildman–Crippen LogP) is 3.20. The van der Waals surface area contributed by atoms with E-state index in [0.717, 1.165) is 0 Å². The van der Waals surface area contributed by atoms with Crippen LogP contribution in [0.3, 0.4) is 0 Å². The largest absolute Gasteiger partial charge is 0.391 e. The van der Waals surface area contributed by atoms with Gasteiger partial charge in [-0.25, -0.2) is 0 Å². The van der Waals surface area contributed by atoms with E-state index >= 15 is 0 Å². The monoisotopic (exact) mass is 239 g/mol. The molecule has 0 aliphatic rings. The fraction of sp³-hybridized carbons (Fsp3) is 0.444. The lowest BCUT2D eigenvalue weighted by atomic mass is 10.4. The molecule has 0 saturated carbocycles. The van der Waals surface area contributed by atoms with Crippen molar-refractivity contribution in [2.75, 3.05) is 6.61 Å². The summed E-state index contributed by atoms with van der Waals surface area (Å²) in [7, 11) is 0. The lowest BCUT2D eigenvalue weighted by Crippen LogP contribution is -2.11. The third-order valence-corrected chi connectivity index (χ3v) is 1.79. The minimum atomic E-state index is -4.18.